The van der Waals surface area contributed by atoms with Crippen LogP contribution in [0.15, 0.2) is 0 Å². The molecule has 1 saturated heterocycles. The summed E-state index contributed by atoms with van der Waals surface area (Å²) in [5, 5.41) is 8.44. The lowest BCUT2D eigenvalue weighted by Gasteiger charge is -2.35. The summed E-state index contributed by atoms with van der Waals surface area (Å²) >= 11 is 0. The van der Waals surface area contributed by atoms with Crippen molar-refractivity contribution in [2.24, 2.45) is 5.73 Å². The summed E-state index contributed by atoms with van der Waals surface area (Å²) in [7, 11) is 0. The van der Waals surface area contributed by atoms with E-state index in [2.05, 4.69) is 0 Å². The molecule has 1 heterocycles. The Hall–Kier alpha value is -0.120. The monoisotopic (exact) mass is 103 g/mol. The Morgan fingerprint density at radius 2 is 2.29 bits per heavy atom. The van der Waals surface area contributed by atoms with Crippen LogP contribution in [0.3, 0.4) is 0 Å². The molecule has 0 radical (unpaired) electrons. The normalized spacial score (nSPS) is 26.6. The van der Waals surface area contributed by atoms with Gasteiger partial charge in [-0.2, -0.15) is 0 Å². The van der Waals surface area contributed by atoms with Gasteiger partial charge in [0, 0.05) is 0 Å². The molecular weight excluding hydrogens is 94.0 g/mol. The summed E-state index contributed by atoms with van der Waals surface area (Å²) in [6, 6.07) is 0. The van der Waals surface area contributed by atoms with Crippen LogP contribution >= 0.6 is 0 Å². The highest BCUT2D eigenvalue weighted by Crippen LogP contribution is 2.10. The first-order chi connectivity index (χ1) is 3.27. The van der Waals surface area contributed by atoms with Crippen molar-refractivity contribution in [1.29, 1.82) is 0 Å². The third kappa shape index (κ3) is 0.748. The predicted octanol–water partition coefficient (Wildman–Crippen LogP) is -1.29. The Kier molecular flexibility index (Phi) is 1.03. The number of hydrogen-bond donors (Lipinski definition) is 2. The lowest BCUT2D eigenvalue weighted by atomic mass is 10.0. The molecule has 0 unspecified atom stereocenters. The van der Waals surface area contributed by atoms with E-state index >= 15 is 0 Å². The number of aliphatic hydroxyl groups excluding tert-OH is 1. The summed E-state index contributed by atoms with van der Waals surface area (Å²) in [5.41, 5.74) is 5.02. The molecule has 0 amide bonds. The molecule has 0 spiro atoms. The van der Waals surface area contributed by atoms with E-state index in [1.807, 2.05) is 0 Å². The molecule has 42 valence electrons. The summed E-state index contributed by atoms with van der Waals surface area (Å²) in [6.07, 6.45) is 0. The second kappa shape index (κ2) is 1.43. The van der Waals surface area contributed by atoms with Crippen molar-refractivity contribution in [2.45, 2.75) is 5.54 Å². The molecule has 0 bridgehead atoms. The van der Waals surface area contributed by atoms with Gasteiger partial charge in [0.15, 0.2) is 0 Å². The van der Waals surface area contributed by atoms with Gasteiger partial charge in [0.2, 0.25) is 0 Å². The third-order valence-electron chi connectivity index (χ3n) is 1.09. The van der Waals surface area contributed by atoms with E-state index in [4.69, 9.17) is 15.6 Å². The van der Waals surface area contributed by atoms with Crippen molar-refractivity contribution in [2.75, 3.05) is 19.8 Å². The largest absolute Gasteiger partial charge is 0.394 e. The van der Waals surface area contributed by atoms with Gasteiger partial charge in [-0.3, -0.25) is 0 Å². The molecule has 0 aromatic heterocycles. The van der Waals surface area contributed by atoms with Crippen LogP contribution in [0.25, 0.3) is 0 Å². The fourth-order valence-corrected chi connectivity index (χ4v) is 0.456. The van der Waals surface area contributed by atoms with Crippen molar-refractivity contribution in [3.05, 3.63) is 0 Å². The first-order valence-electron chi connectivity index (χ1n) is 2.24. The molecule has 1 fully saturated rings. The minimum Gasteiger partial charge on any atom is -0.394 e. The number of nitrogens with two attached hydrogens (primary N) is 1. The Balaban J connectivity index is 2.29. The first kappa shape index (κ1) is 5.03. The lowest BCUT2D eigenvalue weighted by Crippen LogP contribution is -2.60. The van der Waals surface area contributed by atoms with E-state index < -0.39 is 5.54 Å². The molecule has 3 heteroatoms. The molecule has 0 saturated carbocycles. The van der Waals surface area contributed by atoms with Crippen LogP contribution in [0.2, 0.25) is 0 Å². The van der Waals surface area contributed by atoms with Crippen molar-refractivity contribution < 1.29 is 9.84 Å². The zero-order valence-electron chi connectivity index (χ0n) is 4.05. The SMILES string of the molecule is NC1(CO)COC1. The third-order valence-corrected chi connectivity index (χ3v) is 1.09. The van der Waals surface area contributed by atoms with E-state index in [1.54, 1.807) is 0 Å². The summed E-state index contributed by atoms with van der Waals surface area (Å²) < 4.78 is 4.74. The van der Waals surface area contributed by atoms with Crippen LogP contribution < -0.4 is 5.73 Å². The van der Waals surface area contributed by atoms with Crippen LogP contribution in [-0.4, -0.2) is 30.5 Å². The number of rotatable bonds is 1. The van der Waals surface area contributed by atoms with Crippen LogP contribution in [0.4, 0.5) is 0 Å². The molecule has 0 aromatic rings. The van der Waals surface area contributed by atoms with Gasteiger partial charge < -0.3 is 15.6 Å². The minimum atomic E-state index is -0.403. The molecule has 0 atom stereocenters. The smallest absolute Gasteiger partial charge is 0.0862 e. The van der Waals surface area contributed by atoms with E-state index in [0.29, 0.717) is 13.2 Å². The molecule has 1 rings (SSSR count). The average Bonchev–Trinajstić information content (AvgIpc) is 1.61. The minimum absolute atomic E-state index is 0.0347. The topological polar surface area (TPSA) is 55.5 Å². The number of ether oxygens (including phenoxy) is 1. The van der Waals surface area contributed by atoms with Gasteiger partial charge >= 0.3 is 0 Å². The first-order valence-corrected chi connectivity index (χ1v) is 2.24. The van der Waals surface area contributed by atoms with Gasteiger partial charge in [-0.25, -0.2) is 0 Å². The fourth-order valence-electron chi connectivity index (χ4n) is 0.456. The maximum Gasteiger partial charge on any atom is 0.0862 e. The maximum absolute atomic E-state index is 8.44. The van der Waals surface area contributed by atoms with Gasteiger partial charge in [-0.05, 0) is 0 Å². The molecule has 1 aliphatic rings. The highest BCUT2D eigenvalue weighted by molar-refractivity contribution is 4.89. The van der Waals surface area contributed by atoms with E-state index in [1.165, 1.54) is 0 Å². The Labute approximate surface area is 42.1 Å². The second-order valence-electron chi connectivity index (χ2n) is 2.01. The zero-order chi connectivity index (χ0) is 5.33. The van der Waals surface area contributed by atoms with E-state index in [-0.39, 0.29) is 6.61 Å². The van der Waals surface area contributed by atoms with Gasteiger partial charge in [0.05, 0.1) is 25.4 Å². The van der Waals surface area contributed by atoms with E-state index in [9.17, 15) is 0 Å². The van der Waals surface area contributed by atoms with Crippen molar-refractivity contribution in [3.8, 4) is 0 Å². The Morgan fingerprint density at radius 3 is 2.29 bits per heavy atom. The van der Waals surface area contributed by atoms with Gasteiger partial charge in [0.25, 0.3) is 0 Å². The lowest BCUT2D eigenvalue weighted by molar-refractivity contribution is -0.0768. The molecule has 3 N–H and O–H groups in total. The van der Waals surface area contributed by atoms with Crippen LogP contribution in [0.5, 0.6) is 0 Å². The van der Waals surface area contributed by atoms with E-state index in [0.717, 1.165) is 0 Å². The summed E-state index contributed by atoms with van der Waals surface area (Å²) in [4.78, 5) is 0. The average molecular weight is 103 g/mol. The van der Waals surface area contributed by atoms with Crippen LogP contribution in [0, 0.1) is 0 Å². The molecule has 0 aliphatic carbocycles. The highest BCUT2D eigenvalue weighted by Gasteiger charge is 2.32. The molecular formula is C4H9NO2. The van der Waals surface area contributed by atoms with Crippen molar-refractivity contribution in [1.82, 2.24) is 0 Å². The Bertz CT molecular complexity index is 64.6. The molecule has 0 aromatic carbocycles. The van der Waals surface area contributed by atoms with Gasteiger partial charge in [0.1, 0.15) is 0 Å². The van der Waals surface area contributed by atoms with Crippen molar-refractivity contribution >= 4 is 0 Å². The summed E-state index contributed by atoms with van der Waals surface area (Å²) in [5.74, 6) is 0. The Morgan fingerprint density at radius 1 is 1.71 bits per heavy atom. The standard InChI is InChI=1S/C4H9NO2/c5-4(1-6)2-7-3-4/h6H,1-3,5H2. The molecule has 1 aliphatic heterocycles. The maximum atomic E-state index is 8.44. The molecule has 7 heavy (non-hydrogen) atoms. The van der Waals surface area contributed by atoms with Crippen molar-refractivity contribution in [3.63, 3.8) is 0 Å². The predicted molar refractivity (Wildman–Crippen MR) is 24.8 cm³/mol. The fraction of sp³-hybridized carbons (Fsp3) is 1.00. The van der Waals surface area contributed by atoms with Crippen LogP contribution in [-0.2, 0) is 4.74 Å². The molecule has 3 nitrogen and oxygen atoms in total. The quantitative estimate of drug-likeness (QED) is 0.434. The second-order valence-corrected chi connectivity index (χ2v) is 2.01. The summed E-state index contributed by atoms with van der Waals surface area (Å²) in [6.45, 7) is 1.04. The number of aliphatic hydroxyl groups is 1. The zero-order valence-corrected chi connectivity index (χ0v) is 4.05. The van der Waals surface area contributed by atoms with Gasteiger partial charge in [-0.1, -0.05) is 0 Å². The van der Waals surface area contributed by atoms with Gasteiger partial charge in [-0.15, -0.1) is 0 Å². The number of hydrogen-bond acceptors (Lipinski definition) is 3. The highest BCUT2D eigenvalue weighted by atomic mass is 16.5. The van der Waals surface area contributed by atoms with Crippen LogP contribution in [0.1, 0.15) is 0 Å².